The summed E-state index contributed by atoms with van der Waals surface area (Å²) in [5, 5.41) is 4.75. The summed E-state index contributed by atoms with van der Waals surface area (Å²) in [6, 6.07) is 7.33. The Hall–Kier alpha value is -2.55. The summed E-state index contributed by atoms with van der Waals surface area (Å²) in [4.78, 5) is 50.1. The molecule has 0 saturated carbocycles. The molecule has 0 bridgehead atoms. The van der Waals surface area contributed by atoms with E-state index in [0.717, 1.165) is 10.6 Å². The molecule has 2 rings (SSSR count). The molecule has 1 aliphatic heterocycles. The van der Waals surface area contributed by atoms with Crippen molar-refractivity contribution >= 4 is 41.1 Å². The van der Waals surface area contributed by atoms with Crippen molar-refractivity contribution in [2.24, 2.45) is 0 Å². The number of nitrogens with one attached hydrogen (secondary N) is 2. The van der Waals surface area contributed by atoms with E-state index in [1.165, 1.54) is 16.7 Å². The van der Waals surface area contributed by atoms with E-state index in [0.29, 0.717) is 13.1 Å². The first kappa shape index (κ1) is 20.8. The van der Waals surface area contributed by atoms with Crippen molar-refractivity contribution in [2.75, 3.05) is 31.6 Å². The number of para-hydroxylation sites is 1. The van der Waals surface area contributed by atoms with E-state index in [2.05, 4.69) is 10.6 Å². The van der Waals surface area contributed by atoms with Gasteiger partial charge in [0.1, 0.15) is 0 Å². The molecule has 1 heterocycles. The fourth-order valence-electron chi connectivity index (χ4n) is 2.47. The minimum Gasteiger partial charge on any atom is -0.456 e. The summed E-state index contributed by atoms with van der Waals surface area (Å²) < 4.78 is 5.01. The summed E-state index contributed by atoms with van der Waals surface area (Å²) in [5.41, 5.74) is 0.719. The number of benzene rings is 1. The third-order valence-electron chi connectivity index (χ3n) is 3.86. The van der Waals surface area contributed by atoms with E-state index in [4.69, 9.17) is 4.74 Å². The van der Waals surface area contributed by atoms with Crippen LogP contribution in [-0.2, 0) is 23.9 Å². The highest BCUT2D eigenvalue weighted by Crippen LogP contribution is 2.36. The Bertz CT molecular complexity index is 725. The predicted molar refractivity (Wildman–Crippen MR) is 101 cm³/mol. The molecule has 0 aromatic heterocycles. The Kier molecular flexibility index (Phi) is 7.66. The van der Waals surface area contributed by atoms with Gasteiger partial charge in [0.15, 0.2) is 6.61 Å². The van der Waals surface area contributed by atoms with Crippen LogP contribution in [0.5, 0.6) is 0 Å². The van der Waals surface area contributed by atoms with Crippen molar-refractivity contribution in [1.29, 1.82) is 0 Å². The number of rotatable bonds is 8. The second-order valence-corrected chi connectivity index (χ2v) is 7.06. The molecule has 0 unspecified atom stereocenters. The number of anilines is 1. The van der Waals surface area contributed by atoms with Crippen molar-refractivity contribution in [1.82, 2.24) is 10.2 Å². The molecule has 0 spiro atoms. The highest BCUT2D eigenvalue weighted by atomic mass is 32.2. The van der Waals surface area contributed by atoms with Crippen molar-refractivity contribution in [2.45, 2.75) is 30.4 Å². The molecule has 0 fully saturated rings. The van der Waals surface area contributed by atoms with Gasteiger partial charge < -0.3 is 20.3 Å². The Labute approximate surface area is 162 Å². The lowest BCUT2D eigenvalue weighted by Gasteiger charge is -2.23. The smallest absolute Gasteiger partial charge is 0.307 e. The first-order valence-electron chi connectivity index (χ1n) is 8.71. The zero-order valence-electron chi connectivity index (χ0n) is 15.3. The molecule has 1 aliphatic rings. The lowest BCUT2D eigenvalue weighted by atomic mass is 10.2. The van der Waals surface area contributed by atoms with Gasteiger partial charge in [0, 0.05) is 18.0 Å². The topological polar surface area (TPSA) is 105 Å². The summed E-state index contributed by atoms with van der Waals surface area (Å²) in [6.07, 6.45) is -0.138. The van der Waals surface area contributed by atoms with Crippen LogP contribution in [0, 0.1) is 0 Å². The number of hydrogen-bond acceptors (Lipinski definition) is 6. The van der Waals surface area contributed by atoms with E-state index in [1.54, 1.807) is 19.9 Å². The molecule has 1 aromatic carbocycles. The van der Waals surface area contributed by atoms with Gasteiger partial charge in [0.05, 0.1) is 23.9 Å². The average molecular weight is 393 g/mol. The zero-order valence-corrected chi connectivity index (χ0v) is 16.1. The first-order valence-corrected chi connectivity index (χ1v) is 9.59. The van der Waals surface area contributed by atoms with Crippen LogP contribution < -0.4 is 10.6 Å². The van der Waals surface area contributed by atoms with E-state index >= 15 is 0 Å². The second kappa shape index (κ2) is 9.96. The molecule has 2 N–H and O–H groups in total. The Morgan fingerprint density at radius 1 is 1.26 bits per heavy atom. The number of fused-ring (bicyclic) bond motifs is 1. The number of carbonyl (C=O) groups is 4. The van der Waals surface area contributed by atoms with Crippen molar-refractivity contribution in [3.63, 3.8) is 0 Å². The van der Waals surface area contributed by atoms with Gasteiger partial charge in [0.2, 0.25) is 11.8 Å². The molecule has 0 radical (unpaired) electrons. The SMILES string of the molecule is CCNC(=O)CN(CC)C(=O)COC(=O)C[C@H]1Sc2ccccc2NC1=O. The van der Waals surface area contributed by atoms with Crippen LogP contribution in [0.2, 0.25) is 0 Å². The fraction of sp³-hybridized carbons (Fsp3) is 0.444. The van der Waals surface area contributed by atoms with Gasteiger partial charge in [-0.2, -0.15) is 0 Å². The van der Waals surface area contributed by atoms with Gasteiger partial charge in [0.25, 0.3) is 5.91 Å². The number of amides is 3. The van der Waals surface area contributed by atoms with E-state index in [1.807, 2.05) is 18.2 Å². The first-order chi connectivity index (χ1) is 12.9. The Balaban J connectivity index is 1.82. The third-order valence-corrected chi connectivity index (χ3v) is 5.13. The van der Waals surface area contributed by atoms with Gasteiger partial charge >= 0.3 is 5.97 Å². The normalized spacial score (nSPS) is 15.3. The third kappa shape index (κ3) is 5.99. The van der Waals surface area contributed by atoms with E-state index in [-0.39, 0.29) is 24.8 Å². The molecule has 8 nitrogen and oxygen atoms in total. The number of ether oxygens (including phenoxy) is 1. The lowest BCUT2D eigenvalue weighted by Crippen LogP contribution is -2.42. The van der Waals surface area contributed by atoms with Crippen molar-refractivity contribution in [3.05, 3.63) is 24.3 Å². The molecule has 0 aliphatic carbocycles. The standard InChI is InChI=1S/C18H23N3O5S/c1-3-19-15(22)10-21(4-2)16(23)11-26-17(24)9-14-18(25)20-12-7-5-6-8-13(12)27-14/h5-8,14H,3-4,9-11H2,1-2H3,(H,19,22)(H,20,25)/t14-/m1/s1. The van der Waals surface area contributed by atoms with Gasteiger partial charge in [-0.25, -0.2) is 0 Å². The van der Waals surface area contributed by atoms with Crippen LogP contribution in [0.25, 0.3) is 0 Å². The fourth-order valence-corrected chi connectivity index (χ4v) is 3.57. The van der Waals surface area contributed by atoms with Gasteiger partial charge in [-0.15, -0.1) is 11.8 Å². The molecule has 1 atom stereocenters. The maximum atomic E-state index is 12.1. The van der Waals surface area contributed by atoms with Crippen LogP contribution in [0.15, 0.2) is 29.2 Å². The minimum absolute atomic E-state index is 0.0849. The van der Waals surface area contributed by atoms with Crippen molar-refractivity contribution in [3.8, 4) is 0 Å². The van der Waals surface area contributed by atoms with Crippen molar-refractivity contribution < 1.29 is 23.9 Å². The molecular weight excluding hydrogens is 370 g/mol. The predicted octanol–water partition coefficient (Wildman–Crippen LogP) is 1.02. The minimum atomic E-state index is -0.635. The molecular formula is C18H23N3O5S. The van der Waals surface area contributed by atoms with E-state index in [9.17, 15) is 19.2 Å². The summed E-state index contributed by atoms with van der Waals surface area (Å²) in [7, 11) is 0. The molecule has 146 valence electrons. The quantitative estimate of drug-likeness (QED) is 0.639. The molecule has 1 aromatic rings. The summed E-state index contributed by atoms with van der Waals surface area (Å²) in [6.45, 7) is 3.78. The molecule has 9 heteroatoms. The second-order valence-electron chi connectivity index (χ2n) is 5.82. The molecule has 0 saturated heterocycles. The number of likely N-dealkylation sites (N-methyl/N-ethyl adjacent to an activating group) is 2. The van der Waals surface area contributed by atoms with Crippen LogP contribution >= 0.6 is 11.8 Å². The van der Waals surface area contributed by atoms with Crippen LogP contribution in [0.3, 0.4) is 0 Å². The maximum Gasteiger partial charge on any atom is 0.307 e. The summed E-state index contributed by atoms with van der Waals surface area (Å²) in [5.74, 6) is -1.63. The Morgan fingerprint density at radius 2 is 2.00 bits per heavy atom. The summed E-state index contributed by atoms with van der Waals surface area (Å²) >= 11 is 1.29. The van der Waals surface area contributed by atoms with Crippen LogP contribution in [0.1, 0.15) is 20.3 Å². The highest BCUT2D eigenvalue weighted by Gasteiger charge is 2.29. The monoisotopic (exact) mass is 393 g/mol. The lowest BCUT2D eigenvalue weighted by molar-refractivity contribution is -0.152. The molecule has 27 heavy (non-hydrogen) atoms. The largest absolute Gasteiger partial charge is 0.456 e. The Morgan fingerprint density at radius 3 is 2.70 bits per heavy atom. The zero-order chi connectivity index (χ0) is 19.8. The number of thioether (sulfide) groups is 1. The highest BCUT2D eigenvalue weighted by molar-refractivity contribution is 8.01. The van der Waals surface area contributed by atoms with Crippen LogP contribution in [-0.4, -0.2) is 60.1 Å². The van der Waals surface area contributed by atoms with Gasteiger partial charge in [-0.3, -0.25) is 19.2 Å². The average Bonchev–Trinajstić information content (AvgIpc) is 2.65. The molecule has 3 amide bonds. The number of nitrogens with zero attached hydrogens (tertiary/aromatic N) is 1. The van der Waals surface area contributed by atoms with Gasteiger partial charge in [-0.05, 0) is 26.0 Å². The number of hydrogen-bond donors (Lipinski definition) is 2. The number of carbonyl (C=O) groups excluding carboxylic acids is 4. The van der Waals surface area contributed by atoms with Crippen LogP contribution in [0.4, 0.5) is 5.69 Å². The van der Waals surface area contributed by atoms with Gasteiger partial charge in [-0.1, -0.05) is 12.1 Å². The maximum absolute atomic E-state index is 12.1. The number of esters is 1. The van der Waals surface area contributed by atoms with E-state index < -0.39 is 23.7 Å².